The van der Waals surface area contributed by atoms with Crippen molar-refractivity contribution < 1.29 is 177 Å². The quantitative estimate of drug-likeness (QED) is 0.0814. The maximum atomic E-state index is 10.7. The zero-order valence-electron chi connectivity index (χ0n) is 75.7. The van der Waals surface area contributed by atoms with Crippen LogP contribution in [0.1, 0.15) is 290 Å². The van der Waals surface area contributed by atoms with Crippen molar-refractivity contribution in [1.82, 2.24) is 0 Å². The monoisotopic (exact) mass is 2190 g/mol. The Morgan fingerprint density at radius 2 is 0.550 bits per heavy atom. The Hall–Kier alpha value is -14.4. The molecule has 0 amide bonds. The molecule has 0 saturated carbocycles. The van der Waals surface area contributed by atoms with Crippen molar-refractivity contribution in [2.75, 3.05) is 0 Å². The Kier molecular flexibility index (Phi) is 79.4. The molecular formula is C105H134O38S6-16. The summed E-state index contributed by atoms with van der Waals surface area (Å²) in [6.07, 6.45) is 0. The maximum absolute atomic E-state index is 10.7. The Morgan fingerprint density at radius 3 is 0.899 bits per heavy atom. The second-order valence-corrected chi connectivity index (χ2v) is 36.4. The molecule has 0 radical (unpaired) electrons. The number of aryl methyl sites for hydroxylation is 14. The summed E-state index contributed by atoms with van der Waals surface area (Å²) >= 11 is 0. The van der Waals surface area contributed by atoms with Gasteiger partial charge in [-0.15, -0.1) is 0 Å². The van der Waals surface area contributed by atoms with E-state index in [1.54, 1.807) is 82.3 Å². The summed E-state index contributed by atoms with van der Waals surface area (Å²) in [6.45, 7) is 29.7. The first-order chi connectivity index (χ1) is 62.8. The fraction of sp³-hybridized carbons (Fsp3) is 0.276. The van der Waals surface area contributed by atoms with Gasteiger partial charge in [0.2, 0.25) is 0 Å². The van der Waals surface area contributed by atoms with Crippen molar-refractivity contribution in [3.8, 4) is 0 Å². The van der Waals surface area contributed by atoms with Crippen LogP contribution in [0.4, 0.5) is 0 Å². The van der Waals surface area contributed by atoms with Crippen molar-refractivity contribution >= 4 is 120 Å². The summed E-state index contributed by atoms with van der Waals surface area (Å²) in [5.41, 5.74) is 8.80. The fourth-order valence-electron chi connectivity index (χ4n) is 10.8. The lowest BCUT2D eigenvalue weighted by Crippen LogP contribution is -2.25. The molecule has 0 bridgehead atoms. The second kappa shape index (κ2) is 72.8. The van der Waals surface area contributed by atoms with Crippen molar-refractivity contribution in [1.29, 1.82) is 0 Å². The number of carboxylic acid groups (broad SMARTS) is 10. The Labute approximate surface area is 879 Å². The predicted octanol–water partition coefficient (Wildman–Crippen LogP) is 8.90. The molecule has 11 rings (SSSR count). The third-order valence-electron chi connectivity index (χ3n) is 17.6. The zero-order valence-corrected chi connectivity index (χ0v) is 80.6. The van der Waals surface area contributed by atoms with Gasteiger partial charge in [-0.3, -0.25) is 0 Å². The van der Waals surface area contributed by atoms with Crippen molar-refractivity contribution in [2.24, 2.45) is 0 Å². The van der Waals surface area contributed by atoms with Crippen LogP contribution < -0.4 is 51.1 Å². The maximum Gasteiger partial charge on any atom is 0.125 e. The molecule has 44 heteroatoms. The molecule has 0 aliphatic heterocycles. The number of carbonyl (C=O) groups excluding carboxylic acids is 10. The van der Waals surface area contributed by atoms with Gasteiger partial charge in [-0.2, -0.15) is 0 Å². The topological polar surface area (TPSA) is 744 Å². The first-order valence-corrected chi connectivity index (χ1v) is 47.1. The normalized spacial score (nSPS) is 9.66. The summed E-state index contributed by atoms with van der Waals surface area (Å²) in [4.78, 5) is 100. The third-order valence-corrected chi connectivity index (χ3v) is 23.1. The molecule has 11 aromatic carbocycles. The van der Waals surface area contributed by atoms with Gasteiger partial charge >= 0.3 is 0 Å². The summed E-state index contributed by atoms with van der Waals surface area (Å²) in [5.74, 6) is -14.2. The van der Waals surface area contributed by atoms with Crippen LogP contribution in [-0.4, -0.2) is 138 Å². The van der Waals surface area contributed by atoms with E-state index in [1.807, 2.05) is 91.8 Å². The molecule has 0 aromatic heterocycles. The smallest absolute Gasteiger partial charge is 0.125 e. The van der Waals surface area contributed by atoms with E-state index in [-0.39, 0.29) is 139 Å². The largest absolute Gasteiger partial charge is 0.744 e. The Balaban J connectivity index is -0.000000123. The molecule has 0 saturated heterocycles. The molecule has 0 unspecified atom stereocenters. The standard InChI is InChI=1S/4C9H10O2.6C8H8O5S.C7H8.C2H6.12CH4/c1-6-3-7(2)5-8(4-6)9(10)11;1-6-3-4-8(9(10)11)5-7(6)2;1-6-3-4-8(9(10)11)7(2)5-6;1-6-4-3-5-8(7(6)2)9(10)11;1-5-2-3-6(14(11,12)13)4-7(5)8(9)10;1-5-2-3-6(8(9)10)4-7(5)14(11,12)13;1-5-2-3-7(14(11,12)13)6(4-5)8(9)10;1-5-2-3-6(8(9)10)7(4-5)14(11,12)13;1-5-3-2-4-6(14(11,12)13)7(5)8(9)10;1-5-3-2-4-6(8(9)10)7(5)14(11,12)13;1-7-5-3-2-4-6-7;1-2;;;;;;;;;;;;/h4*3-5H,1-2H3,(H,10,11);6*2-4H,1H3,(H,9,10)(H,11,12,13);2-6H,1H3;1-2H3;12*1H4/p-16. The fourth-order valence-corrected chi connectivity index (χ4v) is 15.0. The van der Waals surface area contributed by atoms with E-state index in [1.165, 1.54) is 87.9 Å². The van der Waals surface area contributed by atoms with Gasteiger partial charge in [0.15, 0.2) is 0 Å². The average molecular weight is 2200 g/mol. The van der Waals surface area contributed by atoms with Crippen LogP contribution in [0.25, 0.3) is 0 Å². The van der Waals surface area contributed by atoms with Crippen molar-refractivity contribution in [3.63, 3.8) is 0 Å². The van der Waals surface area contributed by atoms with Gasteiger partial charge in [0, 0.05) is 38.9 Å². The van der Waals surface area contributed by atoms with Crippen molar-refractivity contribution in [2.45, 2.75) is 236 Å². The minimum absolute atomic E-state index is 0. The van der Waals surface area contributed by atoms with Gasteiger partial charge < -0.3 is 126 Å². The summed E-state index contributed by atoms with van der Waals surface area (Å²) in [5, 5.41) is 105. The number of rotatable bonds is 16. The highest BCUT2D eigenvalue weighted by molar-refractivity contribution is 7.87. The summed E-state index contributed by atoms with van der Waals surface area (Å²) in [7, 11) is -28.3. The third kappa shape index (κ3) is 56.9. The highest BCUT2D eigenvalue weighted by Crippen LogP contribution is 2.24. The number of hydrogen-bond donors (Lipinski definition) is 0. The second-order valence-electron chi connectivity index (χ2n) is 28.4. The highest BCUT2D eigenvalue weighted by Gasteiger charge is 2.16. The van der Waals surface area contributed by atoms with Crippen LogP contribution >= 0.6 is 0 Å². The van der Waals surface area contributed by atoms with E-state index >= 15 is 0 Å². The van der Waals surface area contributed by atoms with Crippen LogP contribution in [0.15, 0.2) is 242 Å². The SMILES string of the molecule is C.C.C.C.C.C.C.C.C.C.C.C.CC.Cc1cc(C)cc(C(=O)[O-])c1.Cc1ccc(C(=O)[O-])c(C)c1.Cc1ccc(C(=O)[O-])c(S(=O)(=O)[O-])c1.Cc1ccc(C(=O)[O-])cc1C.Cc1ccc(C(=O)[O-])cc1S(=O)(=O)[O-].Cc1ccc(S(=O)(=O)[O-])c(C(=O)[O-])c1.Cc1ccc(S(=O)(=O)[O-])cc1C(=O)[O-].Cc1cccc(C(=O)[O-])c1C.Cc1cccc(C(=O)[O-])c1S(=O)(=O)[O-].Cc1cccc(S(=O)(=O)[O-])c1C(=O)[O-].Cc1ccccc1. The summed E-state index contributed by atoms with van der Waals surface area (Å²) < 4.78 is 192. The number of aromatic carboxylic acids is 10. The van der Waals surface area contributed by atoms with E-state index in [9.17, 15) is 177 Å². The number of carboxylic acids is 10. The first kappa shape index (κ1) is 162. The molecule has 0 heterocycles. The lowest BCUT2D eigenvalue weighted by molar-refractivity contribution is -0.256. The number of benzene rings is 11. The molecule has 149 heavy (non-hydrogen) atoms. The zero-order chi connectivity index (χ0) is 106. The Bertz CT molecular complexity index is 6930. The summed E-state index contributed by atoms with van der Waals surface area (Å²) in [6, 6.07) is 51.1. The molecular weight excluding hydrogens is 2060 g/mol. The molecule has 0 fully saturated rings. The molecule has 0 N–H and O–H groups in total. The van der Waals surface area contributed by atoms with Crippen LogP contribution in [0.5, 0.6) is 0 Å². The highest BCUT2D eigenvalue weighted by atomic mass is 32.2. The van der Waals surface area contributed by atoms with Gasteiger partial charge in [-0.1, -0.05) is 295 Å². The first-order valence-electron chi connectivity index (χ1n) is 38.6. The molecule has 0 atom stereocenters. The molecule has 38 nitrogen and oxygen atoms in total. The van der Waals surface area contributed by atoms with Gasteiger partial charge in [-0.05, 0) is 225 Å². The van der Waals surface area contributed by atoms with E-state index in [0.29, 0.717) is 16.7 Å². The van der Waals surface area contributed by atoms with Gasteiger partial charge in [-0.25, -0.2) is 50.5 Å². The number of carbonyl (C=O) groups is 10. The van der Waals surface area contributed by atoms with Crippen LogP contribution in [0.2, 0.25) is 0 Å². The van der Waals surface area contributed by atoms with E-state index in [0.717, 1.165) is 99.1 Å². The van der Waals surface area contributed by atoms with Crippen LogP contribution in [-0.2, 0) is 60.7 Å². The minimum atomic E-state index is -4.78. The minimum Gasteiger partial charge on any atom is -0.744 e. The average Bonchev–Trinajstić information content (AvgIpc) is 0.805. The molecule has 0 spiro atoms. The van der Waals surface area contributed by atoms with Gasteiger partial charge in [0.1, 0.15) is 60.7 Å². The van der Waals surface area contributed by atoms with Crippen molar-refractivity contribution in [3.05, 3.63) is 351 Å². The van der Waals surface area contributed by atoms with Crippen LogP contribution in [0.3, 0.4) is 0 Å². The molecule has 834 valence electrons. The lowest BCUT2D eigenvalue weighted by atomic mass is 10.0. The van der Waals surface area contributed by atoms with E-state index < -0.39 is 172 Å². The van der Waals surface area contributed by atoms with E-state index in [4.69, 9.17) is 0 Å². The lowest BCUT2D eigenvalue weighted by Gasteiger charge is -2.15. The molecule has 0 aliphatic carbocycles. The van der Waals surface area contributed by atoms with E-state index in [2.05, 4.69) is 19.1 Å². The molecule has 0 aliphatic rings. The van der Waals surface area contributed by atoms with Crippen LogP contribution in [0, 0.1) is 104 Å². The van der Waals surface area contributed by atoms with Gasteiger partial charge in [0.25, 0.3) is 0 Å². The Morgan fingerprint density at radius 1 is 0.188 bits per heavy atom. The predicted molar refractivity (Wildman–Crippen MR) is 545 cm³/mol. The van der Waals surface area contributed by atoms with Gasteiger partial charge in [0.05, 0.1) is 89.1 Å². The number of hydrogen-bond acceptors (Lipinski definition) is 38. The molecule has 11 aromatic rings.